The standard InChI is InChI=1S/C7H7Cl4NO/c8-6(9)2-1-3-7(10,11)5(6,13)4-12/h13H,1-3H2. The highest BCUT2D eigenvalue weighted by atomic mass is 35.5. The average Bonchev–Trinajstić information content (AvgIpc) is 1.99. The number of halogens is 4. The maximum atomic E-state index is 9.85. The van der Waals surface area contributed by atoms with Gasteiger partial charge in [-0.2, -0.15) is 5.26 Å². The lowest BCUT2D eigenvalue weighted by molar-refractivity contribution is 0.0391. The summed E-state index contributed by atoms with van der Waals surface area (Å²) in [5.74, 6) is 0. The van der Waals surface area contributed by atoms with Crippen LogP contribution in [-0.4, -0.2) is 19.4 Å². The van der Waals surface area contributed by atoms with E-state index in [0.717, 1.165) is 0 Å². The van der Waals surface area contributed by atoms with Crippen molar-refractivity contribution in [3.8, 4) is 6.07 Å². The number of hydrogen-bond acceptors (Lipinski definition) is 2. The largest absolute Gasteiger partial charge is 0.370 e. The fourth-order valence-electron chi connectivity index (χ4n) is 1.33. The van der Waals surface area contributed by atoms with Crippen molar-refractivity contribution in [1.29, 1.82) is 5.26 Å². The fourth-order valence-corrected chi connectivity index (χ4v) is 2.87. The van der Waals surface area contributed by atoms with E-state index in [1.54, 1.807) is 6.07 Å². The number of alkyl halides is 4. The molecule has 74 valence electrons. The molecule has 1 aliphatic rings. The van der Waals surface area contributed by atoms with E-state index in [-0.39, 0.29) is 0 Å². The average molecular weight is 263 g/mol. The van der Waals surface area contributed by atoms with E-state index in [1.807, 2.05) is 0 Å². The minimum absolute atomic E-state index is 0.293. The maximum Gasteiger partial charge on any atom is 0.217 e. The number of hydrogen-bond donors (Lipinski definition) is 1. The molecular weight excluding hydrogens is 256 g/mol. The highest BCUT2D eigenvalue weighted by Gasteiger charge is 2.63. The van der Waals surface area contributed by atoms with Crippen LogP contribution in [0.3, 0.4) is 0 Å². The molecule has 13 heavy (non-hydrogen) atoms. The van der Waals surface area contributed by atoms with Crippen LogP contribution in [-0.2, 0) is 0 Å². The van der Waals surface area contributed by atoms with E-state index in [1.165, 1.54) is 0 Å². The Morgan fingerprint density at radius 3 is 1.69 bits per heavy atom. The molecule has 2 nitrogen and oxygen atoms in total. The zero-order valence-electron chi connectivity index (χ0n) is 6.53. The van der Waals surface area contributed by atoms with Gasteiger partial charge in [0.25, 0.3) is 0 Å². The summed E-state index contributed by atoms with van der Waals surface area (Å²) in [7, 11) is 0. The predicted molar refractivity (Wildman–Crippen MR) is 53.3 cm³/mol. The molecule has 0 aromatic rings. The Morgan fingerprint density at radius 1 is 1.08 bits per heavy atom. The zero-order valence-corrected chi connectivity index (χ0v) is 9.55. The molecule has 0 amide bonds. The summed E-state index contributed by atoms with van der Waals surface area (Å²) in [6.07, 6.45) is 1.16. The molecule has 0 aromatic heterocycles. The minimum atomic E-state index is -2.12. The summed E-state index contributed by atoms with van der Waals surface area (Å²) in [5.41, 5.74) is -2.12. The lowest BCUT2D eigenvalue weighted by Gasteiger charge is -2.45. The second-order valence-corrected chi connectivity index (χ2v) is 6.05. The van der Waals surface area contributed by atoms with Crippen molar-refractivity contribution in [1.82, 2.24) is 0 Å². The third kappa shape index (κ3) is 1.62. The van der Waals surface area contributed by atoms with Gasteiger partial charge in [0.1, 0.15) is 6.07 Å². The Bertz CT molecular complexity index is 242. The summed E-state index contributed by atoms with van der Waals surface area (Å²) >= 11 is 23.2. The Morgan fingerprint density at radius 2 is 1.46 bits per heavy atom. The Balaban J connectivity index is 3.15. The van der Waals surface area contributed by atoms with E-state index in [0.29, 0.717) is 19.3 Å². The Hall–Kier alpha value is 0.610. The molecule has 1 fully saturated rings. The first-order valence-corrected chi connectivity index (χ1v) is 5.17. The van der Waals surface area contributed by atoms with Crippen LogP contribution in [0, 0.1) is 11.3 Å². The quantitative estimate of drug-likeness (QED) is 0.539. The zero-order chi connectivity index (χ0) is 10.3. The first-order chi connectivity index (χ1) is 5.77. The molecule has 6 heteroatoms. The van der Waals surface area contributed by atoms with Gasteiger partial charge < -0.3 is 5.11 Å². The number of rotatable bonds is 0. The van der Waals surface area contributed by atoms with E-state index in [4.69, 9.17) is 51.7 Å². The number of nitriles is 1. The van der Waals surface area contributed by atoms with Gasteiger partial charge in [-0.05, 0) is 19.3 Å². The predicted octanol–water partition coefficient (Wildman–Crippen LogP) is 2.77. The number of aliphatic hydroxyl groups is 1. The van der Waals surface area contributed by atoms with Crippen molar-refractivity contribution in [2.24, 2.45) is 0 Å². The highest BCUT2D eigenvalue weighted by molar-refractivity contribution is 6.55. The van der Waals surface area contributed by atoms with Crippen LogP contribution in [0.4, 0.5) is 0 Å². The third-order valence-corrected chi connectivity index (χ3v) is 4.05. The van der Waals surface area contributed by atoms with Crippen LogP contribution in [0.15, 0.2) is 0 Å². The van der Waals surface area contributed by atoms with Crippen molar-refractivity contribution in [3.05, 3.63) is 0 Å². The second kappa shape index (κ2) is 3.32. The Kier molecular flexibility index (Phi) is 2.99. The van der Waals surface area contributed by atoms with Crippen LogP contribution >= 0.6 is 46.4 Å². The normalized spacial score (nSPS) is 29.2. The fraction of sp³-hybridized carbons (Fsp3) is 0.857. The number of nitrogens with zero attached hydrogens (tertiary/aromatic N) is 1. The molecule has 1 N–H and O–H groups in total. The molecule has 0 radical (unpaired) electrons. The van der Waals surface area contributed by atoms with Gasteiger partial charge in [0.15, 0.2) is 8.67 Å². The smallest absolute Gasteiger partial charge is 0.217 e. The van der Waals surface area contributed by atoms with Gasteiger partial charge in [0.05, 0.1) is 0 Å². The van der Waals surface area contributed by atoms with Crippen molar-refractivity contribution < 1.29 is 5.11 Å². The highest BCUT2D eigenvalue weighted by Crippen LogP contribution is 2.54. The lowest BCUT2D eigenvalue weighted by Crippen LogP contribution is -2.60. The van der Waals surface area contributed by atoms with E-state index in [9.17, 15) is 5.11 Å². The van der Waals surface area contributed by atoms with Gasteiger partial charge in [0, 0.05) is 0 Å². The minimum Gasteiger partial charge on any atom is -0.370 e. The summed E-state index contributed by atoms with van der Waals surface area (Å²) in [6, 6.07) is 1.59. The molecule has 0 spiro atoms. The van der Waals surface area contributed by atoms with E-state index >= 15 is 0 Å². The molecule has 1 rings (SSSR count). The maximum absolute atomic E-state index is 9.85. The molecular formula is C7H7Cl4NO. The van der Waals surface area contributed by atoms with Crippen molar-refractivity contribution in [2.75, 3.05) is 0 Å². The molecule has 1 aliphatic carbocycles. The van der Waals surface area contributed by atoms with Crippen LogP contribution in [0.25, 0.3) is 0 Å². The molecule has 1 saturated carbocycles. The van der Waals surface area contributed by atoms with Crippen LogP contribution < -0.4 is 0 Å². The summed E-state index contributed by atoms with van der Waals surface area (Å²) < 4.78 is -3.22. The van der Waals surface area contributed by atoms with E-state index in [2.05, 4.69) is 0 Å². The van der Waals surface area contributed by atoms with Crippen LogP contribution in [0.5, 0.6) is 0 Å². The topological polar surface area (TPSA) is 44.0 Å². The summed E-state index contributed by atoms with van der Waals surface area (Å²) in [4.78, 5) is 0. The monoisotopic (exact) mass is 261 g/mol. The van der Waals surface area contributed by atoms with Gasteiger partial charge >= 0.3 is 0 Å². The molecule has 0 atom stereocenters. The van der Waals surface area contributed by atoms with E-state index < -0.39 is 14.3 Å². The summed E-state index contributed by atoms with van der Waals surface area (Å²) in [5, 5.41) is 18.6. The molecule has 0 aliphatic heterocycles. The van der Waals surface area contributed by atoms with Gasteiger partial charge in [-0.25, -0.2) is 0 Å². The molecule has 0 heterocycles. The Labute approximate surface area is 96.3 Å². The molecule has 0 aromatic carbocycles. The molecule has 0 saturated heterocycles. The first-order valence-electron chi connectivity index (χ1n) is 3.66. The van der Waals surface area contributed by atoms with Crippen molar-refractivity contribution in [3.63, 3.8) is 0 Å². The lowest BCUT2D eigenvalue weighted by atomic mass is 9.84. The van der Waals surface area contributed by atoms with Crippen LogP contribution in [0.2, 0.25) is 0 Å². The van der Waals surface area contributed by atoms with Crippen molar-refractivity contribution >= 4 is 46.4 Å². The van der Waals surface area contributed by atoms with Crippen LogP contribution in [0.1, 0.15) is 19.3 Å². The van der Waals surface area contributed by atoms with Gasteiger partial charge in [-0.3, -0.25) is 0 Å². The third-order valence-electron chi connectivity index (χ3n) is 2.20. The molecule has 0 unspecified atom stereocenters. The van der Waals surface area contributed by atoms with Crippen molar-refractivity contribution in [2.45, 2.75) is 33.5 Å². The molecule has 0 bridgehead atoms. The second-order valence-electron chi connectivity index (χ2n) is 3.08. The SMILES string of the molecule is N#CC1(O)C(Cl)(Cl)CCCC1(Cl)Cl. The van der Waals surface area contributed by atoms with Gasteiger partial charge in [-0.1, -0.05) is 46.4 Å². The van der Waals surface area contributed by atoms with Gasteiger partial charge in [-0.15, -0.1) is 0 Å². The van der Waals surface area contributed by atoms with Gasteiger partial charge in [0.2, 0.25) is 5.60 Å². The summed E-state index contributed by atoms with van der Waals surface area (Å²) in [6.45, 7) is 0. The first kappa shape index (κ1) is 11.7.